The van der Waals surface area contributed by atoms with E-state index in [9.17, 15) is 0 Å². The van der Waals surface area contributed by atoms with E-state index in [1.807, 2.05) is 12.3 Å². The van der Waals surface area contributed by atoms with E-state index < -0.39 is 0 Å². The van der Waals surface area contributed by atoms with Crippen molar-refractivity contribution in [3.05, 3.63) is 24.0 Å². The van der Waals surface area contributed by atoms with Gasteiger partial charge in [0.15, 0.2) is 6.29 Å². The Morgan fingerprint density at radius 1 is 1.35 bits per heavy atom. The lowest BCUT2D eigenvalue weighted by molar-refractivity contribution is -0.0529. The Morgan fingerprint density at radius 3 is 2.85 bits per heavy atom. The minimum absolute atomic E-state index is 0.126. The zero-order valence-electron chi connectivity index (χ0n) is 12.3. The molecule has 1 aromatic rings. The summed E-state index contributed by atoms with van der Waals surface area (Å²) in [5.74, 6) is 0.820. The van der Waals surface area contributed by atoms with Crippen LogP contribution in [0, 0.1) is 0 Å². The molecule has 0 radical (unpaired) electrons. The van der Waals surface area contributed by atoms with E-state index in [0.717, 1.165) is 30.7 Å². The topological polar surface area (TPSA) is 52.6 Å². The normalized spacial score (nSPS) is 17.3. The maximum atomic E-state index is 5.64. The van der Waals surface area contributed by atoms with Gasteiger partial charge in [0.2, 0.25) is 0 Å². The standard InChI is InChI=1S/C15H24N2O3/c1-3-5-18-13-8-12(10-16-11-13)14(17-4-2)9-15-19-6-7-20-15/h8,10-11,14-15,17H,3-7,9H2,1-2H3. The molecule has 5 heteroatoms. The summed E-state index contributed by atoms with van der Waals surface area (Å²) in [6.07, 6.45) is 5.28. The SMILES string of the molecule is CCCOc1cncc(C(CC2OCCO2)NCC)c1. The van der Waals surface area contributed by atoms with Crippen LogP contribution in [0.4, 0.5) is 0 Å². The summed E-state index contributed by atoms with van der Waals surface area (Å²) >= 11 is 0. The Bertz CT molecular complexity index is 394. The van der Waals surface area contributed by atoms with E-state index in [0.29, 0.717) is 19.8 Å². The van der Waals surface area contributed by atoms with Gasteiger partial charge < -0.3 is 19.5 Å². The van der Waals surface area contributed by atoms with Gasteiger partial charge in [-0.05, 0) is 24.6 Å². The highest BCUT2D eigenvalue weighted by Gasteiger charge is 2.22. The second-order valence-corrected chi connectivity index (χ2v) is 4.82. The molecule has 20 heavy (non-hydrogen) atoms. The van der Waals surface area contributed by atoms with Gasteiger partial charge in [0.05, 0.1) is 26.0 Å². The number of nitrogens with one attached hydrogen (secondary N) is 1. The van der Waals surface area contributed by atoms with Gasteiger partial charge in [-0.1, -0.05) is 13.8 Å². The molecule has 1 N–H and O–H groups in total. The molecule has 0 spiro atoms. The third-order valence-corrected chi connectivity index (χ3v) is 3.18. The highest BCUT2D eigenvalue weighted by atomic mass is 16.7. The van der Waals surface area contributed by atoms with Crippen LogP contribution in [0.1, 0.15) is 38.3 Å². The molecular formula is C15H24N2O3. The highest BCUT2D eigenvalue weighted by molar-refractivity contribution is 5.26. The number of hydrogen-bond donors (Lipinski definition) is 1. The maximum Gasteiger partial charge on any atom is 0.159 e. The fourth-order valence-corrected chi connectivity index (χ4v) is 2.24. The molecule has 2 heterocycles. The number of pyridine rings is 1. The molecule has 0 bridgehead atoms. The van der Waals surface area contributed by atoms with Crippen molar-refractivity contribution in [1.29, 1.82) is 0 Å². The fraction of sp³-hybridized carbons (Fsp3) is 0.667. The van der Waals surface area contributed by atoms with Crippen LogP contribution in [-0.2, 0) is 9.47 Å². The second kappa shape index (κ2) is 8.19. The zero-order chi connectivity index (χ0) is 14.2. The first kappa shape index (κ1) is 15.2. The highest BCUT2D eigenvalue weighted by Crippen LogP contribution is 2.24. The summed E-state index contributed by atoms with van der Waals surface area (Å²) in [5, 5.41) is 3.45. The van der Waals surface area contributed by atoms with Crippen LogP contribution in [0.25, 0.3) is 0 Å². The summed E-state index contributed by atoms with van der Waals surface area (Å²) in [6, 6.07) is 2.21. The number of aromatic nitrogens is 1. The van der Waals surface area contributed by atoms with Gasteiger partial charge in [0.25, 0.3) is 0 Å². The van der Waals surface area contributed by atoms with Crippen molar-refractivity contribution >= 4 is 0 Å². The monoisotopic (exact) mass is 280 g/mol. The Labute approximate surface area is 120 Å². The first-order valence-electron chi connectivity index (χ1n) is 7.37. The summed E-state index contributed by atoms with van der Waals surface area (Å²) in [7, 11) is 0. The Hall–Kier alpha value is -1.17. The molecule has 0 amide bonds. The molecule has 1 saturated heterocycles. The molecule has 1 atom stereocenters. The molecule has 0 saturated carbocycles. The third kappa shape index (κ3) is 4.44. The third-order valence-electron chi connectivity index (χ3n) is 3.18. The van der Waals surface area contributed by atoms with Gasteiger partial charge in [-0.2, -0.15) is 0 Å². The van der Waals surface area contributed by atoms with Gasteiger partial charge in [0, 0.05) is 18.7 Å². The summed E-state index contributed by atoms with van der Waals surface area (Å²) < 4.78 is 16.7. The maximum absolute atomic E-state index is 5.64. The van der Waals surface area contributed by atoms with Gasteiger partial charge in [-0.25, -0.2) is 0 Å². The lowest BCUT2D eigenvalue weighted by Crippen LogP contribution is -2.26. The minimum Gasteiger partial charge on any atom is -0.492 e. The van der Waals surface area contributed by atoms with Crippen molar-refractivity contribution in [2.24, 2.45) is 0 Å². The van der Waals surface area contributed by atoms with Crippen LogP contribution in [0.5, 0.6) is 5.75 Å². The van der Waals surface area contributed by atoms with Crippen molar-refractivity contribution < 1.29 is 14.2 Å². The molecule has 112 valence electrons. The van der Waals surface area contributed by atoms with E-state index in [1.165, 1.54) is 0 Å². The molecule has 1 aliphatic heterocycles. The lowest BCUT2D eigenvalue weighted by Gasteiger charge is -2.21. The minimum atomic E-state index is -0.126. The number of rotatable bonds is 8. The second-order valence-electron chi connectivity index (χ2n) is 4.82. The largest absolute Gasteiger partial charge is 0.492 e. The van der Waals surface area contributed by atoms with Crippen molar-refractivity contribution in [2.75, 3.05) is 26.4 Å². The van der Waals surface area contributed by atoms with E-state index in [1.54, 1.807) is 6.20 Å². The van der Waals surface area contributed by atoms with Crippen molar-refractivity contribution in [3.8, 4) is 5.75 Å². The molecule has 2 rings (SSSR count). The van der Waals surface area contributed by atoms with Crippen molar-refractivity contribution in [3.63, 3.8) is 0 Å². The van der Waals surface area contributed by atoms with Gasteiger partial charge in [-0.15, -0.1) is 0 Å². The predicted octanol–water partition coefficient (Wildman–Crippen LogP) is 2.28. The van der Waals surface area contributed by atoms with E-state index >= 15 is 0 Å². The smallest absolute Gasteiger partial charge is 0.159 e. The quantitative estimate of drug-likeness (QED) is 0.791. The molecule has 1 aliphatic rings. The lowest BCUT2D eigenvalue weighted by atomic mass is 10.1. The van der Waals surface area contributed by atoms with Crippen molar-refractivity contribution in [1.82, 2.24) is 10.3 Å². The van der Waals surface area contributed by atoms with E-state index in [2.05, 4.69) is 24.1 Å². The molecule has 1 aromatic heterocycles. The Morgan fingerprint density at radius 2 is 2.15 bits per heavy atom. The van der Waals surface area contributed by atoms with Crippen LogP contribution >= 0.6 is 0 Å². The van der Waals surface area contributed by atoms with Crippen LogP contribution in [0.3, 0.4) is 0 Å². The molecule has 0 aliphatic carbocycles. The van der Waals surface area contributed by atoms with E-state index in [4.69, 9.17) is 14.2 Å². The fourth-order valence-electron chi connectivity index (χ4n) is 2.24. The van der Waals surface area contributed by atoms with Crippen LogP contribution < -0.4 is 10.1 Å². The van der Waals surface area contributed by atoms with E-state index in [-0.39, 0.29) is 12.3 Å². The first-order valence-corrected chi connectivity index (χ1v) is 7.37. The number of hydrogen-bond acceptors (Lipinski definition) is 5. The summed E-state index contributed by atoms with van der Waals surface area (Å²) in [5.41, 5.74) is 1.11. The van der Waals surface area contributed by atoms with Crippen LogP contribution in [0.15, 0.2) is 18.5 Å². The number of ether oxygens (including phenoxy) is 3. The van der Waals surface area contributed by atoms with Crippen molar-refractivity contribution in [2.45, 2.75) is 39.0 Å². The van der Waals surface area contributed by atoms with Gasteiger partial charge in [0.1, 0.15) is 5.75 Å². The van der Waals surface area contributed by atoms with Crippen LogP contribution in [0.2, 0.25) is 0 Å². The number of nitrogens with zero attached hydrogens (tertiary/aromatic N) is 1. The molecule has 5 nitrogen and oxygen atoms in total. The summed E-state index contributed by atoms with van der Waals surface area (Å²) in [6.45, 7) is 7.15. The molecule has 0 aromatic carbocycles. The van der Waals surface area contributed by atoms with Gasteiger partial charge in [-0.3, -0.25) is 4.98 Å². The predicted molar refractivity (Wildman–Crippen MR) is 76.7 cm³/mol. The zero-order valence-corrected chi connectivity index (χ0v) is 12.3. The average Bonchev–Trinajstić information content (AvgIpc) is 2.98. The summed E-state index contributed by atoms with van der Waals surface area (Å²) in [4.78, 5) is 4.27. The Kier molecular flexibility index (Phi) is 6.24. The van der Waals surface area contributed by atoms with Gasteiger partial charge >= 0.3 is 0 Å². The molecule has 1 unspecified atom stereocenters. The average molecular weight is 280 g/mol. The molecular weight excluding hydrogens is 256 g/mol. The first-order chi connectivity index (χ1) is 9.83. The Balaban J connectivity index is 2.02. The molecule has 1 fully saturated rings. The van der Waals surface area contributed by atoms with Crippen LogP contribution in [-0.4, -0.2) is 37.6 Å².